The predicted octanol–water partition coefficient (Wildman–Crippen LogP) is 0.352. The van der Waals surface area contributed by atoms with Gasteiger partial charge in [-0.15, -0.1) is 11.8 Å². The largest absolute Gasteiger partial charge is 0.477 e. The third kappa shape index (κ3) is 3.58. The summed E-state index contributed by atoms with van der Waals surface area (Å²) in [5.41, 5.74) is 5.59. The van der Waals surface area contributed by atoms with Gasteiger partial charge in [-0.2, -0.15) is 0 Å². The fraction of sp³-hybridized carbons (Fsp3) is 0.750. The van der Waals surface area contributed by atoms with Crippen LogP contribution in [0.5, 0.6) is 0 Å². The third-order valence-corrected chi connectivity index (χ3v) is 8.45. The van der Waals surface area contributed by atoms with Crippen LogP contribution in [0.1, 0.15) is 39.5 Å². The van der Waals surface area contributed by atoms with Crippen molar-refractivity contribution in [3.05, 3.63) is 10.6 Å². The van der Waals surface area contributed by atoms with Crippen LogP contribution in [0.25, 0.3) is 0 Å². The first-order chi connectivity index (χ1) is 14.2. The van der Waals surface area contributed by atoms with Crippen LogP contribution >= 0.6 is 11.8 Å². The van der Waals surface area contributed by atoms with Gasteiger partial charge in [0.05, 0.1) is 18.1 Å². The number of hydrogen-bond acceptors (Lipinski definition) is 6. The lowest BCUT2D eigenvalue weighted by molar-refractivity contribution is -0.163. The van der Waals surface area contributed by atoms with E-state index in [1.807, 2.05) is 6.92 Å². The first-order valence-electron chi connectivity index (χ1n) is 10.7. The molecule has 10 heteroatoms. The zero-order valence-corrected chi connectivity index (χ0v) is 18.2. The van der Waals surface area contributed by atoms with Crippen molar-refractivity contribution in [2.75, 3.05) is 13.1 Å². The number of fused-ring (bicyclic) bond motifs is 1. The molecule has 0 bridgehead atoms. The molecule has 3 aliphatic heterocycles. The molecule has 1 saturated carbocycles. The van der Waals surface area contributed by atoms with Crippen LogP contribution in [-0.2, 0) is 9.59 Å². The van der Waals surface area contributed by atoms with Gasteiger partial charge in [0.25, 0.3) is 0 Å². The molecule has 3 heterocycles. The first kappa shape index (κ1) is 21.5. The molecule has 6 N–H and O–H groups in total. The molecular formula is C20H31N5O4S. The Hall–Kier alpha value is -1.78. The van der Waals surface area contributed by atoms with Crippen molar-refractivity contribution in [1.29, 1.82) is 5.41 Å². The highest BCUT2D eigenvalue weighted by Gasteiger charge is 2.60. The highest BCUT2D eigenvalue weighted by atomic mass is 32.2. The molecule has 0 radical (unpaired) electrons. The van der Waals surface area contributed by atoms with Gasteiger partial charge < -0.3 is 26.2 Å². The van der Waals surface area contributed by atoms with Crippen molar-refractivity contribution < 1.29 is 19.8 Å². The Balaban J connectivity index is 1.38. The summed E-state index contributed by atoms with van der Waals surface area (Å²) in [4.78, 5) is 29.0. The number of carboxylic acid groups (broad SMARTS) is 1. The fourth-order valence-electron chi connectivity index (χ4n) is 5.55. The van der Waals surface area contributed by atoms with Crippen LogP contribution in [0.15, 0.2) is 10.6 Å². The van der Waals surface area contributed by atoms with Crippen LogP contribution in [0.3, 0.4) is 0 Å². The maximum Gasteiger partial charge on any atom is 0.353 e. The smallest absolute Gasteiger partial charge is 0.353 e. The van der Waals surface area contributed by atoms with E-state index in [-0.39, 0.29) is 35.6 Å². The van der Waals surface area contributed by atoms with Gasteiger partial charge in [-0.3, -0.25) is 15.1 Å². The molecule has 2 saturated heterocycles. The molecule has 9 nitrogen and oxygen atoms in total. The second-order valence-electron chi connectivity index (χ2n) is 9.04. The van der Waals surface area contributed by atoms with Crippen LogP contribution in [0.2, 0.25) is 0 Å². The minimum absolute atomic E-state index is 0.0238. The quantitative estimate of drug-likeness (QED) is 0.228. The molecule has 1 aliphatic carbocycles. The average Bonchev–Trinajstić information content (AvgIpc) is 2.86. The number of β-lactam (4-membered cyclic amide) rings is 1. The van der Waals surface area contributed by atoms with E-state index in [1.54, 1.807) is 18.7 Å². The lowest BCUT2D eigenvalue weighted by atomic mass is 9.79. The van der Waals surface area contributed by atoms with Gasteiger partial charge in [0.15, 0.2) is 5.96 Å². The van der Waals surface area contributed by atoms with Gasteiger partial charge in [0.1, 0.15) is 5.70 Å². The van der Waals surface area contributed by atoms with Crippen molar-refractivity contribution in [2.45, 2.75) is 69.0 Å². The summed E-state index contributed by atoms with van der Waals surface area (Å²) in [6.07, 6.45) is 3.46. The summed E-state index contributed by atoms with van der Waals surface area (Å²) in [5.74, 6) is -1.91. The number of nitrogens with zero attached hydrogens (tertiary/aromatic N) is 2. The number of carboxylic acids is 1. The van der Waals surface area contributed by atoms with E-state index in [9.17, 15) is 19.8 Å². The van der Waals surface area contributed by atoms with Crippen LogP contribution in [0, 0.1) is 17.2 Å². The van der Waals surface area contributed by atoms with Crippen molar-refractivity contribution in [3.63, 3.8) is 0 Å². The Kier molecular flexibility index (Phi) is 5.75. The number of guanidine groups is 1. The van der Waals surface area contributed by atoms with E-state index in [1.165, 1.54) is 4.90 Å². The van der Waals surface area contributed by atoms with E-state index in [2.05, 4.69) is 10.2 Å². The summed E-state index contributed by atoms with van der Waals surface area (Å²) in [6.45, 7) is 5.35. The minimum Gasteiger partial charge on any atom is -0.477 e. The summed E-state index contributed by atoms with van der Waals surface area (Å²) < 4.78 is 0. The van der Waals surface area contributed by atoms with E-state index < -0.39 is 18.0 Å². The molecular weight excluding hydrogens is 406 g/mol. The molecule has 0 unspecified atom stereocenters. The number of hydrogen-bond donors (Lipinski definition) is 5. The number of likely N-dealkylation sites (tertiary alicyclic amines) is 1. The molecule has 1 amide bonds. The second kappa shape index (κ2) is 8.05. The zero-order chi connectivity index (χ0) is 21.7. The average molecular weight is 438 g/mol. The Morgan fingerprint density at radius 3 is 2.67 bits per heavy atom. The zero-order valence-electron chi connectivity index (χ0n) is 17.4. The van der Waals surface area contributed by atoms with Crippen LogP contribution < -0.4 is 11.1 Å². The molecule has 0 spiro atoms. The molecule has 166 valence electrons. The van der Waals surface area contributed by atoms with Crippen LogP contribution in [0.4, 0.5) is 0 Å². The predicted molar refractivity (Wildman–Crippen MR) is 114 cm³/mol. The van der Waals surface area contributed by atoms with Gasteiger partial charge in [-0.1, -0.05) is 6.92 Å². The molecule has 0 aromatic carbocycles. The molecule has 4 aliphatic rings. The van der Waals surface area contributed by atoms with Gasteiger partial charge in [-0.05, 0) is 32.6 Å². The van der Waals surface area contributed by atoms with Crippen LogP contribution in [-0.4, -0.2) is 80.4 Å². The Morgan fingerprint density at radius 2 is 2.07 bits per heavy atom. The minimum atomic E-state index is -1.06. The maximum absolute atomic E-state index is 12.4. The van der Waals surface area contributed by atoms with Crippen molar-refractivity contribution in [1.82, 2.24) is 15.1 Å². The van der Waals surface area contributed by atoms with Gasteiger partial charge in [0.2, 0.25) is 5.91 Å². The number of carbonyl (C=O) groups is 2. The highest BCUT2D eigenvalue weighted by Crippen LogP contribution is 2.52. The number of aliphatic hydroxyl groups excluding tert-OH is 1. The number of carbonyl (C=O) groups excluding carboxylic acids is 1. The first-order valence-corrected chi connectivity index (χ1v) is 11.6. The number of nitrogens with one attached hydrogen (secondary N) is 2. The fourth-order valence-corrected chi connectivity index (χ4v) is 7.09. The summed E-state index contributed by atoms with van der Waals surface area (Å²) in [7, 11) is 0. The number of rotatable bonds is 6. The van der Waals surface area contributed by atoms with E-state index >= 15 is 0 Å². The summed E-state index contributed by atoms with van der Waals surface area (Å²) in [6, 6.07) is 0.456. The SMILES string of the molecule is C[C@@H](O)[C@H]1C(=O)N2C(C(=O)O)=C(SC3CN([C@H]4CCC[C@@H](NC(=N)N)C4)C3)[C@H](C)[C@H]12. The van der Waals surface area contributed by atoms with E-state index in [4.69, 9.17) is 11.1 Å². The normalized spacial score (nSPS) is 35.5. The van der Waals surface area contributed by atoms with Gasteiger partial charge in [0, 0.05) is 41.2 Å². The number of thioether (sulfide) groups is 1. The number of nitrogens with two attached hydrogens (primary N) is 1. The lowest BCUT2D eigenvalue weighted by Gasteiger charge is -2.47. The second-order valence-corrected chi connectivity index (χ2v) is 10.4. The molecule has 30 heavy (non-hydrogen) atoms. The molecule has 0 aromatic rings. The van der Waals surface area contributed by atoms with E-state index in [0.717, 1.165) is 43.7 Å². The van der Waals surface area contributed by atoms with Gasteiger partial charge >= 0.3 is 5.97 Å². The lowest BCUT2D eigenvalue weighted by Crippen LogP contribution is -2.63. The van der Waals surface area contributed by atoms with Crippen molar-refractivity contribution in [3.8, 4) is 0 Å². The van der Waals surface area contributed by atoms with Crippen molar-refractivity contribution >= 4 is 29.6 Å². The molecule has 3 fully saturated rings. The maximum atomic E-state index is 12.4. The molecule has 0 aromatic heterocycles. The standard InChI is InChI=1S/C20H31N5O4S/c1-9-15-14(10(2)26)18(27)25(15)16(19(28)29)17(9)30-13-7-24(8-13)12-5-3-4-11(6-12)23-20(21)22/h9-15,26H,3-8H2,1-2H3,(H,28,29)(H4,21,22,23)/t9-,10-,11-,12+,14-,15-/m1/s1. The topological polar surface area (TPSA) is 143 Å². The third-order valence-electron chi connectivity index (χ3n) is 7.00. The highest BCUT2D eigenvalue weighted by molar-refractivity contribution is 8.03. The van der Waals surface area contributed by atoms with E-state index in [0.29, 0.717) is 11.3 Å². The summed E-state index contributed by atoms with van der Waals surface area (Å²) >= 11 is 1.59. The number of aliphatic hydroxyl groups is 1. The number of aliphatic carboxylic acids is 1. The molecule has 6 atom stereocenters. The summed E-state index contributed by atoms with van der Waals surface area (Å²) in [5, 5.41) is 30.5. The molecule has 4 rings (SSSR count). The van der Waals surface area contributed by atoms with Crippen molar-refractivity contribution in [2.24, 2.45) is 17.6 Å². The Labute approximate surface area is 180 Å². The monoisotopic (exact) mass is 437 g/mol. The Bertz CT molecular complexity index is 781. The van der Waals surface area contributed by atoms with Gasteiger partial charge in [-0.25, -0.2) is 4.79 Å². The Morgan fingerprint density at radius 1 is 1.37 bits per heavy atom. The number of amides is 1.